The summed E-state index contributed by atoms with van der Waals surface area (Å²) in [7, 11) is -2.38. The minimum absolute atomic E-state index is 0.126. The molecule has 0 bridgehead atoms. The first-order valence-corrected chi connectivity index (χ1v) is 10.8. The normalized spacial score (nSPS) is 26.1. The number of fused-ring (bicyclic) bond motifs is 1. The number of nitrogens with one attached hydrogen (secondary N) is 1. The van der Waals surface area contributed by atoms with Crippen LogP contribution in [0.5, 0.6) is 0 Å². The molecule has 1 saturated carbocycles. The third-order valence-corrected chi connectivity index (χ3v) is 6.46. The number of hydrogen-bond acceptors (Lipinski definition) is 6. The van der Waals surface area contributed by atoms with E-state index in [9.17, 15) is 4.79 Å². The highest BCUT2D eigenvalue weighted by molar-refractivity contribution is 5.84. The first kappa shape index (κ1) is 16.8. The summed E-state index contributed by atoms with van der Waals surface area (Å²) in [6, 6.07) is 6.00. The number of alkyl carbamates (subject to hydrolysis) is 1. The van der Waals surface area contributed by atoms with Crippen LogP contribution in [-0.4, -0.2) is 40.5 Å². The Hall–Kier alpha value is -2.87. The maximum atomic E-state index is 12.0. The number of benzene rings is 1. The zero-order valence-electron chi connectivity index (χ0n) is 20.7. The van der Waals surface area contributed by atoms with Gasteiger partial charge in [-0.25, -0.2) is 9.78 Å². The molecular weight excluding hydrogens is 396 g/mol. The summed E-state index contributed by atoms with van der Waals surface area (Å²) in [6.07, 6.45) is 2.74. The van der Waals surface area contributed by atoms with Crippen molar-refractivity contribution in [2.24, 2.45) is 0 Å². The summed E-state index contributed by atoms with van der Waals surface area (Å²) in [4.78, 5) is 16.9. The van der Waals surface area contributed by atoms with Gasteiger partial charge in [-0.2, -0.15) is 0 Å². The van der Waals surface area contributed by atoms with Crippen molar-refractivity contribution in [1.29, 1.82) is 0 Å². The van der Waals surface area contributed by atoms with Gasteiger partial charge in [-0.05, 0) is 57.2 Å². The van der Waals surface area contributed by atoms with Gasteiger partial charge in [0.15, 0.2) is 0 Å². The highest BCUT2D eigenvalue weighted by atomic mass is 16.6. The Labute approximate surface area is 185 Å². The van der Waals surface area contributed by atoms with Crippen LogP contribution >= 0.6 is 0 Å². The van der Waals surface area contributed by atoms with Crippen LogP contribution in [-0.2, 0) is 9.47 Å². The molecule has 2 fully saturated rings. The van der Waals surface area contributed by atoms with Crippen molar-refractivity contribution in [3.63, 3.8) is 0 Å². The Kier molecular flexibility index (Phi) is 4.33. The Balaban J connectivity index is 1.52. The lowest BCUT2D eigenvalue weighted by Crippen LogP contribution is -2.37. The van der Waals surface area contributed by atoms with Gasteiger partial charge in [0.25, 0.3) is 0 Å². The van der Waals surface area contributed by atoms with Gasteiger partial charge in [0.2, 0.25) is 0 Å². The molecule has 0 radical (unpaired) electrons. The molecule has 1 saturated heterocycles. The van der Waals surface area contributed by atoms with Crippen molar-refractivity contribution in [2.45, 2.75) is 64.1 Å². The van der Waals surface area contributed by atoms with Gasteiger partial charge in [-0.3, -0.25) is 0 Å². The summed E-state index contributed by atoms with van der Waals surface area (Å²) >= 11 is 0. The van der Waals surface area contributed by atoms with Gasteiger partial charge in [0, 0.05) is 25.1 Å². The fourth-order valence-electron chi connectivity index (χ4n) is 4.94. The molecule has 3 aromatic rings. The molecule has 2 aromatic heterocycles. The predicted molar refractivity (Wildman–Crippen MR) is 115 cm³/mol. The van der Waals surface area contributed by atoms with Crippen LogP contribution in [0.15, 0.2) is 22.7 Å². The number of carbonyl (C=O) groups excluding carboxylic acids is 1. The number of amides is 1. The largest absolute Gasteiger partial charge is 0.449 e. The molecule has 31 heavy (non-hydrogen) atoms. The van der Waals surface area contributed by atoms with E-state index in [0.717, 1.165) is 52.3 Å². The number of ether oxygens (including phenoxy) is 2. The Morgan fingerprint density at radius 2 is 2.06 bits per heavy atom. The maximum Gasteiger partial charge on any atom is 0.407 e. The van der Waals surface area contributed by atoms with E-state index in [0.29, 0.717) is 25.9 Å². The minimum Gasteiger partial charge on any atom is -0.449 e. The van der Waals surface area contributed by atoms with Crippen LogP contribution in [0.2, 0.25) is 0 Å². The van der Waals surface area contributed by atoms with Crippen molar-refractivity contribution in [1.82, 2.24) is 20.0 Å². The molecule has 5 rings (SSSR count). The number of aryl methyl sites for hydroxylation is 2. The smallest absolute Gasteiger partial charge is 0.407 e. The topological polar surface area (TPSA) is 91.4 Å². The lowest BCUT2D eigenvalue weighted by Gasteiger charge is -2.32. The van der Waals surface area contributed by atoms with E-state index in [1.165, 1.54) is 0 Å². The van der Waals surface area contributed by atoms with Gasteiger partial charge in [-0.15, -0.1) is 0 Å². The number of hydrogen-bond donors (Lipinski definition) is 1. The number of nitrogens with zero attached hydrogens (tertiary/aromatic N) is 3. The third kappa shape index (κ3) is 3.59. The zero-order chi connectivity index (χ0) is 24.0. The molecule has 8 nitrogen and oxygen atoms in total. The van der Waals surface area contributed by atoms with E-state index >= 15 is 0 Å². The number of imidazole rings is 1. The molecule has 1 N–H and O–H groups in total. The van der Waals surface area contributed by atoms with Crippen molar-refractivity contribution in [3.8, 4) is 11.1 Å². The average molecular weight is 428 g/mol. The summed E-state index contributed by atoms with van der Waals surface area (Å²) in [5, 5.41) is 6.97. The molecule has 1 aliphatic carbocycles. The Morgan fingerprint density at radius 1 is 1.23 bits per heavy atom. The van der Waals surface area contributed by atoms with Gasteiger partial charge >= 0.3 is 6.09 Å². The van der Waals surface area contributed by atoms with Crippen molar-refractivity contribution < 1.29 is 22.9 Å². The van der Waals surface area contributed by atoms with Crippen molar-refractivity contribution >= 4 is 17.1 Å². The van der Waals surface area contributed by atoms with E-state index in [1.807, 2.05) is 26.0 Å². The molecule has 8 heteroatoms. The molecule has 1 atom stereocenters. The lowest BCUT2D eigenvalue weighted by atomic mass is 9.92. The molecule has 0 spiro atoms. The SMILES string of the molecule is [2H]C([2H])([2H])O[C@H]1CC[C@H](n2c(C3CCOC(=O)N3)nc3cc(-c4c(C)noc4C)ccc32)CC1. The fraction of sp³-hybridized carbons (Fsp3) is 0.522. The number of carbonyl (C=O) groups is 1. The van der Waals surface area contributed by atoms with Crippen molar-refractivity contribution in [3.05, 3.63) is 35.5 Å². The number of cyclic esters (lactones) is 1. The van der Waals surface area contributed by atoms with Crippen molar-refractivity contribution in [2.75, 3.05) is 13.6 Å². The van der Waals surface area contributed by atoms with Crippen LogP contribution in [0.3, 0.4) is 0 Å². The Bertz CT molecular complexity index is 1190. The highest BCUT2D eigenvalue weighted by Crippen LogP contribution is 2.37. The summed E-state index contributed by atoms with van der Waals surface area (Å²) in [6.45, 7) is 4.14. The van der Waals surface area contributed by atoms with Gasteiger partial charge < -0.3 is 23.9 Å². The van der Waals surface area contributed by atoms with E-state index in [1.54, 1.807) is 0 Å². The molecule has 1 unspecified atom stereocenters. The summed E-state index contributed by atoms with van der Waals surface area (Å²) in [5.41, 5.74) is 4.56. The second-order valence-electron chi connectivity index (χ2n) is 8.41. The third-order valence-electron chi connectivity index (χ3n) is 6.46. The van der Waals surface area contributed by atoms with Crippen LogP contribution in [0, 0.1) is 13.8 Å². The average Bonchev–Trinajstić information content (AvgIpc) is 3.32. The summed E-state index contributed by atoms with van der Waals surface area (Å²) in [5.74, 6) is 1.54. The number of methoxy groups -OCH3 is 1. The maximum absolute atomic E-state index is 12.0. The van der Waals surface area contributed by atoms with Gasteiger partial charge in [0.1, 0.15) is 11.6 Å². The van der Waals surface area contributed by atoms with E-state index in [4.69, 9.17) is 23.1 Å². The first-order valence-electron chi connectivity index (χ1n) is 12.3. The van der Waals surface area contributed by atoms with Crippen LogP contribution in [0.1, 0.15) is 65.6 Å². The molecule has 2 aliphatic rings. The highest BCUT2D eigenvalue weighted by Gasteiger charge is 2.31. The second kappa shape index (κ2) is 8.00. The first-order chi connectivity index (χ1) is 16.2. The zero-order valence-corrected chi connectivity index (χ0v) is 17.7. The van der Waals surface area contributed by atoms with E-state index in [2.05, 4.69) is 21.1 Å². The second-order valence-corrected chi connectivity index (χ2v) is 8.41. The quantitative estimate of drug-likeness (QED) is 0.654. The number of rotatable bonds is 4. The number of aromatic nitrogens is 3. The van der Waals surface area contributed by atoms with Gasteiger partial charge in [-0.1, -0.05) is 11.2 Å². The van der Waals surface area contributed by atoms with E-state index < -0.39 is 13.1 Å². The van der Waals surface area contributed by atoms with Gasteiger partial charge in [0.05, 0.1) is 39.6 Å². The standard InChI is InChI=1S/C23H28N4O4/c1-13-21(14(2)31-26-13)15-4-9-20-19(12-15)24-22(18-10-11-30-23(28)25-18)27(20)16-5-7-17(29-3)8-6-16/h4,9,12,16-18H,5-8,10-11H2,1-3H3,(H,25,28)/t16-,17-,18?/i3D3. The molecular formula is C23H28N4O4. The van der Waals surface area contributed by atoms with Crippen LogP contribution in [0.4, 0.5) is 4.79 Å². The molecule has 3 heterocycles. The lowest BCUT2D eigenvalue weighted by molar-refractivity contribution is 0.0580. The summed E-state index contributed by atoms with van der Waals surface area (Å²) < 4.78 is 40.1. The van der Waals surface area contributed by atoms with E-state index in [-0.39, 0.29) is 18.2 Å². The van der Waals surface area contributed by atoms with Crippen LogP contribution in [0.25, 0.3) is 22.2 Å². The molecule has 1 aromatic carbocycles. The molecule has 1 aliphatic heterocycles. The Morgan fingerprint density at radius 3 is 2.77 bits per heavy atom. The fourth-order valence-corrected chi connectivity index (χ4v) is 4.94. The molecule has 1 amide bonds. The molecule has 164 valence electrons. The van der Waals surface area contributed by atoms with Crippen LogP contribution < -0.4 is 5.32 Å². The predicted octanol–water partition coefficient (Wildman–Crippen LogP) is 4.61. The monoisotopic (exact) mass is 427 g/mol. The minimum atomic E-state index is -2.38.